The fraction of sp³-hybridized carbons (Fsp3) is 0.333. The molecule has 0 aromatic heterocycles. The number of nitrogens with two attached hydrogens (primary N) is 1. The van der Waals surface area contributed by atoms with Gasteiger partial charge >= 0.3 is 0 Å². The highest BCUT2D eigenvalue weighted by molar-refractivity contribution is 7.89. The maximum atomic E-state index is 13.2. The zero-order valence-electron chi connectivity index (χ0n) is 12.2. The number of hydrogen-bond donors (Lipinski definition) is 3. The molecule has 0 bridgehead atoms. The van der Waals surface area contributed by atoms with Crippen molar-refractivity contribution in [1.29, 1.82) is 0 Å². The molecule has 1 saturated heterocycles. The number of alkyl halides is 2. The minimum Gasteiger partial charge on any atom is -0.383 e. The number of nitrogens with one attached hydrogen (secondary N) is 2. The highest BCUT2D eigenvalue weighted by Crippen LogP contribution is 2.28. The van der Waals surface area contributed by atoms with Crippen molar-refractivity contribution in [1.82, 2.24) is 5.32 Å². The van der Waals surface area contributed by atoms with Gasteiger partial charge in [0.2, 0.25) is 10.0 Å². The Morgan fingerprint density at radius 1 is 1.30 bits per heavy atom. The lowest BCUT2D eigenvalue weighted by molar-refractivity contribution is 0.0214. The van der Waals surface area contributed by atoms with Gasteiger partial charge in [0.15, 0.2) is 0 Å². The molecule has 2 aromatic rings. The van der Waals surface area contributed by atoms with Gasteiger partial charge in [0.25, 0.3) is 5.92 Å². The zero-order valence-corrected chi connectivity index (χ0v) is 13.0. The third kappa shape index (κ3) is 3.60. The molecule has 1 heterocycles. The molecule has 5 nitrogen and oxygen atoms in total. The van der Waals surface area contributed by atoms with Gasteiger partial charge in [0.05, 0.1) is 11.4 Å². The van der Waals surface area contributed by atoms with Gasteiger partial charge in [-0.05, 0) is 23.6 Å². The van der Waals surface area contributed by atoms with E-state index in [0.717, 1.165) is 5.39 Å². The standard InChI is InChI=1S/C15H17F2N3O2S/c16-15(17)7-11(20-9-15)8-19-14-3-1-2-10-4-5-12(6-13(10)14)23(18,21)22/h1-6,11,19-20H,7-9H2,(H2,18,21,22). The first-order chi connectivity index (χ1) is 10.7. The summed E-state index contributed by atoms with van der Waals surface area (Å²) in [4.78, 5) is 0.0183. The monoisotopic (exact) mass is 341 g/mol. The van der Waals surface area contributed by atoms with E-state index < -0.39 is 15.9 Å². The van der Waals surface area contributed by atoms with Gasteiger partial charge in [0, 0.05) is 30.1 Å². The Balaban J connectivity index is 1.85. The van der Waals surface area contributed by atoms with Crippen LogP contribution in [0.15, 0.2) is 41.3 Å². The molecule has 0 amide bonds. The van der Waals surface area contributed by atoms with Crippen LogP contribution in [0.3, 0.4) is 0 Å². The van der Waals surface area contributed by atoms with Crippen LogP contribution in [0.2, 0.25) is 0 Å². The Morgan fingerprint density at radius 2 is 2.09 bits per heavy atom. The third-order valence-corrected chi connectivity index (χ3v) is 4.83. The number of primary sulfonamides is 1. The maximum Gasteiger partial charge on any atom is 0.261 e. The fourth-order valence-corrected chi connectivity index (χ4v) is 3.30. The molecule has 8 heteroatoms. The SMILES string of the molecule is NS(=O)(=O)c1ccc2cccc(NCC3CC(F)(F)CN3)c2c1. The molecule has 3 rings (SSSR count). The molecule has 0 saturated carbocycles. The summed E-state index contributed by atoms with van der Waals surface area (Å²) in [5.74, 6) is -2.67. The lowest BCUT2D eigenvalue weighted by Crippen LogP contribution is -2.29. The van der Waals surface area contributed by atoms with E-state index in [9.17, 15) is 17.2 Å². The predicted molar refractivity (Wildman–Crippen MR) is 85.2 cm³/mol. The third-order valence-electron chi connectivity index (χ3n) is 3.92. The van der Waals surface area contributed by atoms with E-state index in [4.69, 9.17) is 5.14 Å². The number of fused-ring (bicyclic) bond motifs is 1. The number of sulfonamides is 1. The molecule has 1 unspecified atom stereocenters. The van der Waals surface area contributed by atoms with Gasteiger partial charge in [-0.2, -0.15) is 0 Å². The summed E-state index contributed by atoms with van der Waals surface area (Å²) in [6.07, 6.45) is -0.215. The number of rotatable bonds is 4. The molecular weight excluding hydrogens is 324 g/mol. The first-order valence-corrected chi connectivity index (χ1v) is 8.70. The summed E-state index contributed by atoms with van der Waals surface area (Å²) in [7, 11) is -3.80. The van der Waals surface area contributed by atoms with Crippen LogP contribution >= 0.6 is 0 Å². The molecule has 0 radical (unpaired) electrons. The van der Waals surface area contributed by atoms with Crippen molar-refractivity contribution in [2.75, 3.05) is 18.4 Å². The second-order valence-electron chi connectivity index (χ2n) is 5.75. The Labute approximate surface area is 132 Å². The second kappa shape index (κ2) is 5.70. The lowest BCUT2D eigenvalue weighted by Gasteiger charge is -2.15. The van der Waals surface area contributed by atoms with Gasteiger partial charge in [-0.15, -0.1) is 0 Å². The molecule has 124 valence electrons. The molecule has 1 atom stereocenters. The first-order valence-electron chi connectivity index (χ1n) is 7.15. The Bertz CT molecular complexity index is 840. The summed E-state index contributed by atoms with van der Waals surface area (Å²) in [5, 5.41) is 12.6. The summed E-state index contributed by atoms with van der Waals surface area (Å²) >= 11 is 0. The Hall–Kier alpha value is -1.77. The summed E-state index contributed by atoms with van der Waals surface area (Å²) < 4.78 is 49.4. The maximum absolute atomic E-state index is 13.2. The average Bonchev–Trinajstić information content (AvgIpc) is 2.83. The summed E-state index contributed by atoms with van der Waals surface area (Å²) in [5.41, 5.74) is 0.685. The van der Waals surface area contributed by atoms with Crippen LogP contribution in [0, 0.1) is 0 Å². The van der Waals surface area contributed by atoms with E-state index in [2.05, 4.69) is 10.6 Å². The second-order valence-corrected chi connectivity index (χ2v) is 7.31. The van der Waals surface area contributed by atoms with Gasteiger partial charge in [-0.25, -0.2) is 22.3 Å². The molecule has 1 fully saturated rings. The van der Waals surface area contributed by atoms with E-state index >= 15 is 0 Å². The summed E-state index contributed by atoms with van der Waals surface area (Å²) in [6.45, 7) is 0.0127. The summed E-state index contributed by atoms with van der Waals surface area (Å²) in [6, 6.07) is 9.71. The van der Waals surface area contributed by atoms with Crippen molar-refractivity contribution >= 4 is 26.5 Å². The van der Waals surface area contributed by atoms with Gasteiger partial charge in [-0.1, -0.05) is 18.2 Å². The minimum absolute atomic E-state index is 0.0183. The number of hydrogen-bond acceptors (Lipinski definition) is 4. The van der Waals surface area contributed by atoms with E-state index in [1.165, 1.54) is 12.1 Å². The van der Waals surface area contributed by atoms with Crippen molar-refractivity contribution in [3.05, 3.63) is 36.4 Å². The molecule has 1 aliphatic heterocycles. The number of halogens is 2. The highest BCUT2D eigenvalue weighted by atomic mass is 32.2. The van der Waals surface area contributed by atoms with Crippen molar-refractivity contribution in [2.24, 2.45) is 5.14 Å². The van der Waals surface area contributed by atoms with Crippen LogP contribution in [0.25, 0.3) is 10.8 Å². The van der Waals surface area contributed by atoms with Crippen molar-refractivity contribution < 1.29 is 17.2 Å². The van der Waals surface area contributed by atoms with Crippen molar-refractivity contribution in [2.45, 2.75) is 23.3 Å². The van der Waals surface area contributed by atoms with E-state index in [-0.39, 0.29) is 23.9 Å². The van der Waals surface area contributed by atoms with E-state index in [1.807, 2.05) is 12.1 Å². The zero-order chi connectivity index (χ0) is 16.7. The molecule has 2 aromatic carbocycles. The number of benzene rings is 2. The van der Waals surface area contributed by atoms with Crippen LogP contribution in [-0.4, -0.2) is 33.5 Å². The average molecular weight is 341 g/mol. The normalized spacial score (nSPS) is 20.7. The topological polar surface area (TPSA) is 84.2 Å². The molecule has 23 heavy (non-hydrogen) atoms. The fourth-order valence-electron chi connectivity index (χ4n) is 2.76. The Kier molecular flexibility index (Phi) is 3.99. The van der Waals surface area contributed by atoms with Gasteiger partial charge in [0.1, 0.15) is 0 Å². The van der Waals surface area contributed by atoms with Crippen molar-refractivity contribution in [3.8, 4) is 0 Å². The first kappa shape index (κ1) is 16.1. The molecule has 0 spiro atoms. The highest BCUT2D eigenvalue weighted by Gasteiger charge is 2.38. The Morgan fingerprint density at radius 3 is 2.74 bits per heavy atom. The number of anilines is 1. The van der Waals surface area contributed by atoms with Gasteiger partial charge < -0.3 is 10.6 Å². The largest absolute Gasteiger partial charge is 0.383 e. The molecule has 0 aliphatic carbocycles. The van der Waals surface area contributed by atoms with Crippen LogP contribution in [0.1, 0.15) is 6.42 Å². The van der Waals surface area contributed by atoms with E-state index in [1.54, 1.807) is 12.1 Å². The predicted octanol–water partition coefficient (Wildman–Crippen LogP) is 1.90. The molecule has 4 N–H and O–H groups in total. The molecule has 1 aliphatic rings. The molecular formula is C15H17F2N3O2S. The van der Waals surface area contributed by atoms with Crippen molar-refractivity contribution in [3.63, 3.8) is 0 Å². The minimum atomic E-state index is -3.80. The lowest BCUT2D eigenvalue weighted by atomic mass is 10.1. The quantitative estimate of drug-likeness (QED) is 0.793. The van der Waals surface area contributed by atoms with Crippen LogP contribution in [0.4, 0.5) is 14.5 Å². The van der Waals surface area contributed by atoms with E-state index in [0.29, 0.717) is 17.6 Å². The van der Waals surface area contributed by atoms with Crippen LogP contribution in [-0.2, 0) is 10.0 Å². The van der Waals surface area contributed by atoms with Crippen LogP contribution < -0.4 is 15.8 Å². The van der Waals surface area contributed by atoms with Gasteiger partial charge in [-0.3, -0.25) is 0 Å². The van der Waals surface area contributed by atoms with Crippen LogP contribution in [0.5, 0.6) is 0 Å². The smallest absolute Gasteiger partial charge is 0.261 e.